The van der Waals surface area contributed by atoms with E-state index in [2.05, 4.69) is 93.5 Å². The second kappa shape index (κ2) is 12.2. The molecule has 0 saturated heterocycles. The quantitative estimate of drug-likeness (QED) is 0.282. The number of fused-ring (bicyclic) bond motifs is 3. The van der Waals surface area contributed by atoms with Gasteiger partial charge in [0, 0.05) is 47.0 Å². The maximum atomic E-state index is 6.90. The number of hydrogen-bond donors (Lipinski definition) is 0. The number of ether oxygens (including phenoxy) is 2. The summed E-state index contributed by atoms with van der Waals surface area (Å²) < 4.78 is 13.8. The molecule has 0 N–H and O–H groups in total. The van der Waals surface area contributed by atoms with Crippen LogP contribution < -0.4 is 9.47 Å². The predicted molar refractivity (Wildman–Crippen MR) is 187 cm³/mol. The fourth-order valence-corrected chi connectivity index (χ4v) is 11.1. The van der Waals surface area contributed by atoms with Crippen molar-refractivity contribution < 1.29 is 9.47 Å². The van der Waals surface area contributed by atoms with E-state index in [4.69, 9.17) is 21.2 Å². The molecular weight excluding hydrogens is 541 g/mol. The molecule has 0 radical (unpaired) electrons. The minimum absolute atomic E-state index is 0.0266. The van der Waals surface area contributed by atoms with Gasteiger partial charge in [0.15, 0.2) is 0 Å². The summed E-state index contributed by atoms with van der Waals surface area (Å²) in [6, 6.07) is 9.43. The van der Waals surface area contributed by atoms with E-state index in [0.717, 1.165) is 23.0 Å². The first-order valence-corrected chi connectivity index (χ1v) is 18.9. The largest absolute Gasteiger partial charge is 0.452 e. The molecule has 228 valence electrons. The van der Waals surface area contributed by atoms with Crippen molar-refractivity contribution in [2.45, 2.75) is 146 Å². The molecule has 0 spiro atoms. The topological polar surface area (TPSA) is 18.5 Å². The number of aryl methyl sites for hydroxylation is 2. The third kappa shape index (κ3) is 7.71. The van der Waals surface area contributed by atoms with Gasteiger partial charge in [0.05, 0.1) is 0 Å². The molecule has 1 saturated carbocycles. The van der Waals surface area contributed by atoms with Crippen LogP contribution in [0.1, 0.15) is 127 Å². The molecule has 4 rings (SSSR count). The van der Waals surface area contributed by atoms with Gasteiger partial charge in [-0.2, -0.15) is 21.0 Å². The maximum absolute atomic E-state index is 6.90. The Balaban J connectivity index is 1.93. The molecule has 0 bridgehead atoms. The molecule has 2 aliphatic rings. The summed E-state index contributed by atoms with van der Waals surface area (Å²) in [6.45, 7) is 22.3. The summed E-state index contributed by atoms with van der Waals surface area (Å²) in [5.74, 6) is 12.9. The molecule has 0 aromatic heterocycles. The number of benzene rings is 2. The molecule has 1 aliphatic heterocycles. The Morgan fingerprint density at radius 2 is 1.02 bits per heavy atom. The lowest BCUT2D eigenvalue weighted by Gasteiger charge is -2.34. The highest BCUT2D eigenvalue weighted by atomic mass is 32.2. The second-order valence-corrected chi connectivity index (χ2v) is 19.0. The highest BCUT2D eigenvalue weighted by Crippen LogP contribution is 2.47. The zero-order chi connectivity index (χ0) is 30.3. The van der Waals surface area contributed by atoms with Crippen molar-refractivity contribution in [2.24, 2.45) is 0 Å². The Kier molecular flexibility index (Phi) is 9.66. The molecule has 4 unspecified atom stereocenters. The first kappa shape index (κ1) is 32.4. The first-order chi connectivity index (χ1) is 19.0. The molecule has 2 nitrogen and oxygen atoms in total. The van der Waals surface area contributed by atoms with Crippen LogP contribution in [0.5, 0.6) is 11.5 Å². The molecule has 1 fully saturated rings. The van der Waals surface area contributed by atoms with Crippen molar-refractivity contribution in [3.63, 3.8) is 0 Å². The van der Waals surface area contributed by atoms with E-state index in [1.165, 1.54) is 71.9 Å². The van der Waals surface area contributed by atoms with Crippen molar-refractivity contribution >= 4 is 32.7 Å². The van der Waals surface area contributed by atoms with Crippen molar-refractivity contribution in [3.05, 3.63) is 57.6 Å². The molecule has 1 heterocycles. The lowest BCUT2D eigenvalue weighted by molar-refractivity contribution is -0.0826. The number of rotatable bonds is 0. The zero-order valence-corrected chi connectivity index (χ0v) is 29.3. The summed E-state index contributed by atoms with van der Waals surface area (Å²) in [6.07, 6.45) is 7.83. The van der Waals surface area contributed by atoms with E-state index in [1.807, 2.05) is 0 Å². The SMILES string of the molecule is C=S1Cc2cc(C(C)(C)C)cc(C)c2OC(C)(C)Oc2c(C)cc(C(C)(C)C)cc2CS(=C)C2CCCCCCC21. The third-order valence-electron chi connectivity index (χ3n) is 8.81. The van der Waals surface area contributed by atoms with E-state index in [1.54, 1.807) is 0 Å². The van der Waals surface area contributed by atoms with Gasteiger partial charge < -0.3 is 9.47 Å². The van der Waals surface area contributed by atoms with Crippen LogP contribution in [0.25, 0.3) is 0 Å². The summed E-state index contributed by atoms with van der Waals surface area (Å²) >= 11 is 0. The third-order valence-corrected chi connectivity index (χ3v) is 13.2. The van der Waals surface area contributed by atoms with E-state index < -0.39 is 5.79 Å². The molecule has 4 heteroatoms. The second-order valence-electron chi connectivity index (χ2n) is 15.1. The maximum Gasteiger partial charge on any atom is 0.245 e. The Bertz CT molecular complexity index is 1210. The van der Waals surface area contributed by atoms with E-state index in [9.17, 15) is 0 Å². The van der Waals surface area contributed by atoms with Gasteiger partial charge in [0.2, 0.25) is 5.79 Å². The average Bonchev–Trinajstić information content (AvgIpc) is 2.81. The van der Waals surface area contributed by atoms with Crippen LogP contribution in [0, 0.1) is 13.8 Å². The number of hydrogen-bond acceptors (Lipinski definition) is 2. The first-order valence-electron chi connectivity index (χ1n) is 15.6. The van der Waals surface area contributed by atoms with Gasteiger partial charge in [-0.1, -0.05) is 103 Å². The zero-order valence-electron chi connectivity index (χ0n) is 27.7. The molecule has 0 amide bonds. The fraction of sp³-hybridized carbons (Fsp3) is 0.622. The normalized spacial score (nSPS) is 25.8. The highest BCUT2D eigenvalue weighted by Gasteiger charge is 2.33. The van der Waals surface area contributed by atoms with Crippen molar-refractivity contribution in [1.82, 2.24) is 0 Å². The van der Waals surface area contributed by atoms with Gasteiger partial charge in [0.25, 0.3) is 0 Å². The summed E-state index contributed by atoms with van der Waals surface area (Å²) in [5.41, 5.74) is 7.79. The van der Waals surface area contributed by atoms with Gasteiger partial charge in [-0.15, -0.1) is 0 Å². The average molecular weight is 597 g/mol. The van der Waals surface area contributed by atoms with Crippen molar-refractivity contribution in [2.75, 3.05) is 0 Å². The van der Waals surface area contributed by atoms with Crippen molar-refractivity contribution in [3.8, 4) is 11.5 Å². The fourth-order valence-electron chi connectivity index (χ4n) is 6.37. The van der Waals surface area contributed by atoms with Crippen LogP contribution in [0.15, 0.2) is 24.3 Å². The van der Waals surface area contributed by atoms with Gasteiger partial charge >= 0.3 is 0 Å². The lowest BCUT2D eigenvalue weighted by Crippen LogP contribution is -2.36. The van der Waals surface area contributed by atoms with Gasteiger partial charge in [0.1, 0.15) is 11.5 Å². The van der Waals surface area contributed by atoms with E-state index in [0.29, 0.717) is 10.5 Å². The Hall–Kier alpha value is -1.52. The van der Waals surface area contributed by atoms with Crippen LogP contribution in [-0.4, -0.2) is 28.0 Å². The molecule has 2 aromatic rings. The van der Waals surface area contributed by atoms with Crippen LogP contribution >= 0.6 is 21.0 Å². The minimum atomic E-state index is -0.832. The lowest BCUT2D eigenvalue weighted by atomic mass is 9.85. The van der Waals surface area contributed by atoms with Crippen LogP contribution in [0.2, 0.25) is 0 Å². The molecule has 41 heavy (non-hydrogen) atoms. The smallest absolute Gasteiger partial charge is 0.245 e. The van der Waals surface area contributed by atoms with E-state index >= 15 is 0 Å². The molecule has 1 aliphatic carbocycles. The van der Waals surface area contributed by atoms with Gasteiger partial charge in [-0.3, -0.25) is 0 Å². The summed E-state index contributed by atoms with van der Waals surface area (Å²) in [5, 5.41) is 1.18. The minimum Gasteiger partial charge on any atom is -0.452 e. The Morgan fingerprint density at radius 3 is 1.37 bits per heavy atom. The Morgan fingerprint density at radius 1 is 0.659 bits per heavy atom. The monoisotopic (exact) mass is 596 g/mol. The van der Waals surface area contributed by atoms with Gasteiger partial charge in [-0.25, -0.2) is 0 Å². The standard InChI is InChI=1S/C37H56O2S2/c1-25-19-29(35(3,4)5)21-27-23-40(11)31-17-15-13-14-16-18-32(31)41(12)24-28-22-30(36(6,7)8)20-26(2)34(28)39-37(9,10)38-33(25)27/h19-22,31-32H,11-18,23-24H2,1-10H3. The van der Waals surface area contributed by atoms with Crippen LogP contribution in [0.4, 0.5) is 0 Å². The Labute approximate surface area is 256 Å². The molecule has 2 aromatic carbocycles. The molecule has 4 atom stereocenters. The summed E-state index contributed by atoms with van der Waals surface area (Å²) in [4.78, 5) is 0. The predicted octanol–water partition coefficient (Wildman–Crippen LogP) is 10.6. The van der Waals surface area contributed by atoms with Crippen molar-refractivity contribution in [1.29, 1.82) is 0 Å². The van der Waals surface area contributed by atoms with E-state index in [-0.39, 0.29) is 31.8 Å². The summed E-state index contributed by atoms with van der Waals surface area (Å²) in [7, 11) is -0.0533. The molecular formula is C37H56O2S2. The van der Waals surface area contributed by atoms with Gasteiger partial charge in [-0.05, 0) is 59.8 Å². The van der Waals surface area contributed by atoms with Crippen LogP contribution in [0.3, 0.4) is 0 Å². The highest BCUT2D eigenvalue weighted by molar-refractivity contribution is 8.17. The van der Waals surface area contributed by atoms with Crippen LogP contribution in [-0.2, 0) is 22.3 Å².